The molecule has 0 aliphatic rings. The van der Waals surface area contributed by atoms with Crippen LogP contribution >= 0.6 is 11.6 Å². The van der Waals surface area contributed by atoms with Gasteiger partial charge in [0.2, 0.25) is 0 Å². The van der Waals surface area contributed by atoms with Crippen molar-refractivity contribution in [2.45, 2.75) is 13.3 Å². The van der Waals surface area contributed by atoms with Gasteiger partial charge in [0, 0.05) is 28.5 Å². The fourth-order valence-corrected chi connectivity index (χ4v) is 2.30. The van der Waals surface area contributed by atoms with Gasteiger partial charge in [-0.05, 0) is 18.6 Å². The lowest BCUT2D eigenvalue weighted by Gasteiger charge is -2.08. The summed E-state index contributed by atoms with van der Waals surface area (Å²) in [5.41, 5.74) is 1.61. The predicted octanol–water partition coefficient (Wildman–Crippen LogP) is 3.24. The number of nitrogens with zero attached hydrogens (tertiary/aromatic N) is 4. The highest BCUT2D eigenvalue weighted by Crippen LogP contribution is 2.21. The molecule has 0 amide bonds. The quantitative estimate of drug-likeness (QED) is 0.795. The first-order chi connectivity index (χ1) is 11.1. The number of carbonyl (C=O) groups is 1. The Balaban J connectivity index is 2.10. The number of carboxylic acid groups (broad SMARTS) is 1. The highest BCUT2D eigenvalue weighted by Gasteiger charge is 2.11. The first-order valence-corrected chi connectivity index (χ1v) is 7.36. The summed E-state index contributed by atoms with van der Waals surface area (Å²) in [6, 6.07) is 9.09. The summed E-state index contributed by atoms with van der Waals surface area (Å²) in [5.74, 6) is 0.0165. The van der Waals surface area contributed by atoms with E-state index in [4.69, 9.17) is 16.7 Å². The third kappa shape index (κ3) is 3.22. The van der Waals surface area contributed by atoms with Crippen molar-refractivity contribution in [1.82, 2.24) is 19.5 Å². The molecule has 116 valence electrons. The zero-order valence-electron chi connectivity index (χ0n) is 12.3. The molecular weight excluding hydrogens is 316 g/mol. The van der Waals surface area contributed by atoms with Gasteiger partial charge in [-0.2, -0.15) is 0 Å². The van der Waals surface area contributed by atoms with Gasteiger partial charge in [0.1, 0.15) is 12.1 Å². The van der Waals surface area contributed by atoms with Crippen molar-refractivity contribution in [2.75, 3.05) is 0 Å². The van der Waals surface area contributed by atoms with Crippen LogP contribution < -0.4 is 0 Å². The molecule has 3 aromatic rings. The van der Waals surface area contributed by atoms with Crippen molar-refractivity contribution in [1.29, 1.82) is 0 Å². The van der Waals surface area contributed by atoms with Crippen LogP contribution in [0.4, 0.5) is 0 Å². The Labute approximate surface area is 137 Å². The average Bonchev–Trinajstić information content (AvgIpc) is 3.05. The van der Waals surface area contributed by atoms with Crippen LogP contribution in [0.15, 0.2) is 42.9 Å². The molecule has 0 atom stereocenters. The fraction of sp³-hybridized carbons (Fsp3) is 0.125. The van der Waals surface area contributed by atoms with E-state index in [1.54, 1.807) is 22.8 Å². The summed E-state index contributed by atoms with van der Waals surface area (Å²) in [4.78, 5) is 23.8. The minimum absolute atomic E-state index is 0.0361. The maximum Gasteiger partial charge on any atom is 0.356 e. The van der Waals surface area contributed by atoms with E-state index < -0.39 is 5.97 Å². The van der Waals surface area contributed by atoms with Gasteiger partial charge in [0.25, 0.3) is 0 Å². The summed E-state index contributed by atoms with van der Waals surface area (Å²) in [5, 5.41) is 9.59. The molecule has 0 aliphatic heterocycles. The number of aromatic nitrogens is 4. The number of hydrogen-bond donors (Lipinski definition) is 1. The van der Waals surface area contributed by atoms with Gasteiger partial charge in [-0.25, -0.2) is 19.7 Å². The van der Waals surface area contributed by atoms with Gasteiger partial charge >= 0.3 is 5.97 Å². The van der Waals surface area contributed by atoms with Crippen LogP contribution in [0.25, 0.3) is 17.2 Å². The van der Waals surface area contributed by atoms with E-state index in [1.807, 2.05) is 19.1 Å². The molecule has 23 heavy (non-hydrogen) atoms. The monoisotopic (exact) mass is 328 g/mol. The predicted molar refractivity (Wildman–Crippen MR) is 85.9 cm³/mol. The summed E-state index contributed by atoms with van der Waals surface area (Å²) in [7, 11) is 0. The van der Waals surface area contributed by atoms with Gasteiger partial charge in [0.15, 0.2) is 11.5 Å². The van der Waals surface area contributed by atoms with Crippen LogP contribution in [-0.2, 0) is 6.42 Å². The van der Waals surface area contributed by atoms with E-state index in [1.165, 1.54) is 12.5 Å². The second-order valence-corrected chi connectivity index (χ2v) is 5.31. The molecule has 2 aromatic heterocycles. The van der Waals surface area contributed by atoms with Crippen molar-refractivity contribution in [3.05, 3.63) is 59.3 Å². The second-order valence-electron chi connectivity index (χ2n) is 4.88. The number of halogens is 1. The first-order valence-electron chi connectivity index (χ1n) is 6.98. The highest BCUT2D eigenvalue weighted by atomic mass is 35.5. The van der Waals surface area contributed by atoms with Crippen molar-refractivity contribution in [3.63, 3.8) is 0 Å². The smallest absolute Gasteiger partial charge is 0.356 e. The maximum atomic E-state index is 11.0. The fourth-order valence-electron chi connectivity index (χ4n) is 2.11. The number of aryl methyl sites for hydroxylation is 1. The number of aromatic carboxylic acids is 1. The van der Waals surface area contributed by atoms with Crippen molar-refractivity contribution < 1.29 is 9.90 Å². The van der Waals surface area contributed by atoms with Crippen molar-refractivity contribution in [2.24, 2.45) is 0 Å². The van der Waals surface area contributed by atoms with Crippen LogP contribution in [0, 0.1) is 0 Å². The van der Waals surface area contributed by atoms with E-state index in [2.05, 4.69) is 15.0 Å². The number of hydrogen-bond acceptors (Lipinski definition) is 4. The van der Waals surface area contributed by atoms with Crippen molar-refractivity contribution in [3.8, 4) is 17.2 Å². The van der Waals surface area contributed by atoms with Gasteiger partial charge < -0.3 is 5.11 Å². The van der Waals surface area contributed by atoms with Gasteiger partial charge in [0.05, 0.1) is 0 Å². The van der Waals surface area contributed by atoms with E-state index in [0.717, 1.165) is 17.7 Å². The Morgan fingerprint density at radius 1 is 1.30 bits per heavy atom. The molecule has 0 bridgehead atoms. The minimum Gasteiger partial charge on any atom is -0.476 e. The van der Waals surface area contributed by atoms with E-state index in [9.17, 15) is 4.79 Å². The van der Waals surface area contributed by atoms with E-state index in [0.29, 0.717) is 16.7 Å². The summed E-state index contributed by atoms with van der Waals surface area (Å²) < 4.78 is 1.57. The standard InChI is InChI=1S/C16H13ClN4O2/c1-2-12-7-14(21-8-13(16(22)23)18-9-21)20-15(19-12)10-4-3-5-11(17)6-10/h3-9H,2H2,1H3,(H,22,23). The van der Waals surface area contributed by atoms with Gasteiger partial charge in [-0.1, -0.05) is 30.7 Å². The number of rotatable bonds is 4. The topological polar surface area (TPSA) is 80.9 Å². The zero-order valence-corrected chi connectivity index (χ0v) is 13.0. The normalized spacial score (nSPS) is 10.7. The Hall–Kier alpha value is -2.73. The van der Waals surface area contributed by atoms with E-state index >= 15 is 0 Å². The van der Waals surface area contributed by atoms with Crippen LogP contribution in [0.3, 0.4) is 0 Å². The Bertz CT molecular complexity index is 876. The molecule has 2 heterocycles. The summed E-state index contributed by atoms with van der Waals surface area (Å²) in [6.07, 6.45) is 3.57. The summed E-state index contributed by atoms with van der Waals surface area (Å²) >= 11 is 6.03. The lowest BCUT2D eigenvalue weighted by molar-refractivity contribution is 0.0691. The third-order valence-corrected chi connectivity index (χ3v) is 3.51. The molecular formula is C16H13ClN4O2. The second kappa shape index (κ2) is 6.18. The number of carboxylic acids is 1. The Kier molecular flexibility index (Phi) is 4.08. The molecule has 0 radical (unpaired) electrons. The molecule has 0 aliphatic carbocycles. The maximum absolute atomic E-state index is 11.0. The van der Waals surface area contributed by atoms with Crippen LogP contribution in [0.5, 0.6) is 0 Å². The minimum atomic E-state index is -1.08. The van der Waals surface area contributed by atoms with Gasteiger partial charge in [-0.3, -0.25) is 4.57 Å². The lowest BCUT2D eigenvalue weighted by atomic mass is 10.2. The molecule has 7 heteroatoms. The molecule has 0 unspecified atom stereocenters. The zero-order chi connectivity index (χ0) is 16.4. The Morgan fingerprint density at radius 3 is 2.78 bits per heavy atom. The lowest BCUT2D eigenvalue weighted by Crippen LogP contribution is -2.02. The number of benzene rings is 1. The van der Waals surface area contributed by atoms with Crippen molar-refractivity contribution >= 4 is 17.6 Å². The van der Waals surface area contributed by atoms with Crippen LogP contribution in [-0.4, -0.2) is 30.6 Å². The number of imidazole rings is 1. The molecule has 0 saturated heterocycles. The van der Waals surface area contributed by atoms with E-state index in [-0.39, 0.29) is 5.69 Å². The largest absolute Gasteiger partial charge is 0.476 e. The highest BCUT2D eigenvalue weighted by molar-refractivity contribution is 6.30. The SMILES string of the molecule is CCc1cc(-n2cnc(C(=O)O)c2)nc(-c2cccc(Cl)c2)n1. The average molecular weight is 329 g/mol. The van der Waals surface area contributed by atoms with Gasteiger partial charge in [-0.15, -0.1) is 0 Å². The van der Waals surface area contributed by atoms with Crippen LogP contribution in [0.1, 0.15) is 23.1 Å². The molecule has 1 aromatic carbocycles. The molecule has 0 saturated carbocycles. The molecule has 6 nitrogen and oxygen atoms in total. The molecule has 0 spiro atoms. The molecule has 0 fully saturated rings. The molecule has 3 rings (SSSR count). The Morgan fingerprint density at radius 2 is 2.13 bits per heavy atom. The summed E-state index contributed by atoms with van der Waals surface area (Å²) in [6.45, 7) is 1.99. The third-order valence-electron chi connectivity index (χ3n) is 3.28. The first kappa shape index (κ1) is 15.2. The molecule has 1 N–H and O–H groups in total. The van der Waals surface area contributed by atoms with Crippen LogP contribution in [0.2, 0.25) is 5.02 Å².